The summed E-state index contributed by atoms with van der Waals surface area (Å²) in [5.74, 6) is 0. The molecule has 0 aromatic heterocycles. The van der Waals surface area contributed by atoms with E-state index in [9.17, 15) is 15.0 Å². The van der Waals surface area contributed by atoms with Crippen molar-refractivity contribution in [1.29, 1.82) is 0 Å². The minimum absolute atomic E-state index is 0.188. The van der Waals surface area contributed by atoms with Crippen LogP contribution >= 0.6 is 0 Å². The van der Waals surface area contributed by atoms with Crippen LogP contribution in [0.15, 0.2) is 66.7 Å². The van der Waals surface area contributed by atoms with E-state index < -0.39 is 18.3 Å². The van der Waals surface area contributed by atoms with Gasteiger partial charge in [0.2, 0.25) is 0 Å². The Kier molecular flexibility index (Phi) is 6.63. The maximum atomic E-state index is 11.8. The Morgan fingerprint density at radius 1 is 0.964 bits per heavy atom. The molecule has 3 rings (SSSR count). The highest BCUT2D eigenvalue weighted by molar-refractivity contribution is 5.88. The second-order valence-electron chi connectivity index (χ2n) is 6.81. The van der Waals surface area contributed by atoms with Crippen LogP contribution in [0.4, 0.5) is 4.79 Å². The molecule has 3 N–H and O–H groups in total. The fraction of sp³-hybridized carbons (Fsp3) is 0.261. The third-order valence-corrected chi connectivity index (χ3v) is 4.78. The summed E-state index contributed by atoms with van der Waals surface area (Å²) in [4.78, 5) is 11.8. The van der Waals surface area contributed by atoms with E-state index in [1.807, 2.05) is 73.7 Å². The summed E-state index contributed by atoms with van der Waals surface area (Å²) in [5, 5.41) is 25.6. The number of benzene rings is 3. The van der Waals surface area contributed by atoms with Crippen molar-refractivity contribution in [3.63, 3.8) is 0 Å². The number of nitrogens with one attached hydrogen (secondary N) is 1. The summed E-state index contributed by atoms with van der Waals surface area (Å²) in [7, 11) is 0. The normalized spacial score (nSPS) is 13.1. The Labute approximate surface area is 164 Å². The van der Waals surface area contributed by atoms with E-state index in [2.05, 4.69) is 5.32 Å². The molecule has 1 amide bonds. The van der Waals surface area contributed by atoms with Crippen molar-refractivity contribution in [2.24, 2.45) is 0 Å². The van der Waals surface area contributed by atoms with Crippen LogP contribution < -0.4 is 5.32 Å². The van der Waals surface area contributed by atoms with Crippen LogP contribution in [0.3, 0.4) is 0 Å². The molecular formula is C23H25NO4. The van der Waals surface area contributed by atoms with Gasteiger partial charge < -0.3 is 20.3 Å². The molecule has 0 aliphatic carbocycles. The number of alkyl carbamates (subject to hydrolysis) is 1. The van der Waals surface area contributed by atoms with Crippen molar-refractivity contribution in [3.8, 4) is 0 Å². The maximum absolute atomic E-state index is 11.8. The van der Waals surface area contributed by atoms with Crippen LogP contribution in [0, 0.1) is 6.92 Å². The number of fused-ring (bicyclic) bond motifs is 1. The van der Waals surface area contributed by atoms with E-state index in [-0.39, 0.29) is 19.6 Å². The van der Waals surface area contributed by atoms with Crippen LogP contribution in [-0.4, -0.2) is 29.0 Å². The number of hydrogen-bond acceptors (Lipinski definition) is 4. The smallest absolute Gasteiger partial charge is 0.407 e. The molecule has 0 saturated carbocycles. The van der Waals surface area contributed by atoms with Crippen LogP contribution in [0.1, 0.15) is 29.2 Å². The molecule has 3 aromatic rings. The molecule has 0 bridgehead atoms. The second kappa shape index (κ2) is 9.35. The fourth-order valence-corrected chi connectivity index (χ4v) is 3.19. The predicted molar refractivity (Wildman–Crippen MR) is 109 cm³/mol. The molecule has 0 aliphatic heterocycles. The summed E-state index contributed by atoms with van der Waals surface area (Å²) in [6.45, 7) is 2.41. The Morgan fingerprint density at radius 3 is 2.39 bits per heavy atom. The van der Waals surface area contributed by atoms with Gasteiger partial charge in [-0.25, -0.2) is 4.79 Å². The highest BCUT2D eigenvalue weighted by Crippen LogP contribution is 2.29. The van der Waals surface area contributed by atoms with Crippen molar-refractivity contribution in [1.82, 2.24) is 5.32 Å². The molecular weight excluding hydrogens is 354 g/mol. The first-order chi connectivity index (χ1) is 13.6. The molecule has 2 unspecified atom stereocenters. The van der Waals surface area contributed by atoms with Gasteiger partial charge in [0.05, 0.1) is 6.10 Å². The number of aryl methyl sites for hydroxylation is 1. The average Bonchev–Trinajstić information content (AvgIpc) is 2.73. The minimum atomic E-state index is -1.03. The number of aliphatic hydroxyl groups is 2. The number of aliphatic hydroxyl groups excluding tert-OH is 2. The molecule has 5 heteroatoms. The lowest BCUT2D eigenvalue weighted by molar-refractivity contribution is 0.0145. The highest BCUT2D eigenvalue weighted by Gasteiger charge is 2.20. The van der Waals surface area contributed by atoms with Gasteiger partial charge in [-0.05, 0) is 40.8 Å². The lowest BCUT2D eigenvalue weighted by Gasteiger charge is -2.20. The van der Waals surface area contributed by atoms with Crippen molar-refractivity contribution in [3.05, 3.63) is 83.4 Å². The standard InChI is InChI=1S/C23H25NO4/c1-16-11-12-20(19-10-6-5-9-18(16)19)22(26)21(25)13-14-24-23(27)28-15-17-7-3-2-4-8-17/h2-12,21-22,25-26H,13-15H2,1H3,(H,24,27). The van der Waals surface area contributed by atoms with Gasteiger partial charge in [0.25, 0.3) is 0 Å². The second-order valence-corrected chi connectivity index (χ2v) is 6.81. The molecule has 0 heterocycles. The van der Waals surface area contributed by atoms with Gasteiger partial charge in [-0.3, -0.25) is 0 Å². The number of rotatable bonds is 7. The zero-order valence-corrected chi connectivity index (χ0v) is 15.8. The Bertz CT molecular complexity index is 926. The topological polar surface area (TPSA) is 78.8 Å². The third kappa shape index (κ3) is 4.88. The SMILES string of the molecule is Cc1ccc(C(O)C(O)CCNC(=O)OCc2ccccc2)c2ccccc12. The van der Waals surface area contributed by atoms with Crippen molar-refractivity contribution >= 4 is 16.9 Å². The van der Waals surface area contributed by atoms with Crippen molar-refractivity contribution in [2.75, 3.05) is 6.54 Å². The van der Waals surface area contributed by atoms with E-state index in [1.165, 1.54) is 0 Å². The molecule has 5 nitrogen and oxygen atoms in total. The van der Waals surface area contributed by atoms with Gasteiger partial charge in [-0.1, -0.05) is 66.7 Å². The van der Waals surface area contributed by atoms with Crippen LogP contribution in [0.25, 0.3) is 10.8 Å². The fourth-order valence-electron chi connectivity index (χ4n) is 3.19. The summed E-state index contributed by atoms with van der Waals surface area (Å²) < 4.78 is 5.13. The molecule has 146 valence electrons. The lowest BCUT2D eigenvalue weighted by atomic mass is 9.94. The third-order valence-electron chi connectivity index (χ3n) is 4.78. The number of hydrogen-bond donors (Lipinski definition) is 3. The molecule has 0 fully saturated rings. The van der Waals surface area contributed by atoms with Crippen LogP contribution in [-0.2, 0) is 11.3 Å². The summed E-state index contributed by atoms with van der Waals surface area (Å²) in [6.07, 6.45) is -2.37. The molecule has 3 aromatic carbocycles. The van der Waals surface area contributed by atoms with Gasteiger partial charge in [0.1, 0.15) is 12.7 Å². The minimum Gasteiger partial charge on any atom is -0.445 e. The van der Waals surface area contributed by atoms with Crippen LogP contribution in [0.5, 0.6) is 0 Å². The van der Waals surface area contributed by atoms with Gasteiger partial charge in [-0.15, -0.1) is 0 Å². The Balaban J connectivity index is 1.52. The highest BCUT2D eigenvalue weighted by atomic mass is 16.5. The van der Waals surface area contributed by atoms with E-state index in [0.717, 1.165) is 21.9 Å². The first-order valence-electron chi connectivity index (χ1n) is 9.35. The average molecular weight is 379 g/mol. The number of carbonyl (C=O) groups excluding carboxylic acids is 1. The van der Waals surface area contributed by atoms with E-state index in [1.54, 1.807) is 0 Å². The molecule has 28 heavy (non-hydrogen) atoms. The molecule has 0 saturated heterocycles. The monoisotopic (exact) mass is 379 g/mol. The molecule has 0 spiro atoms. The maximum Gasteiger partial charge on any atom is 0.407 e. The van der Waals surface area contributed by atoms with Gasteiger partial charge in [-0.2, -0.15) is 0 Å². The summed E-state index contributed by atoms with van der Waals surface area (Å²) in [6, 6.07) is 21.0. The number of ether oxygens (including phenoxy) is 1. The van der Waals surface area contributed by atoms with Crippen molar-refractivity contribution in [2.45, 2.75) is 32.2 Å². The largest absolute Gasteiger partial charge is 0.445 e. The summed E-state index contributed by atoms with van der Waals surface area (Å²) in [5.41, 5.74) is 2.70. The Morgan fingerprint density at radius 2 is 1.64 bits per heavy atom. The van der Waals surface area contributed by atoms with E-state index in [0.29, 0.717) is 5.56 Å². The van der Waals surface area contributed by atoms with Crippen molar-refractivity contribution < 1.29 is 19.7 Å². The van der Waals surface area contributed by atoms with E-state index in [4.69, 9.17) is 4.74 Å². The molecule has 0 aliphatic rings. The number of amides is 1. The zero-order valence-electron chi connectivity index (χ0n) is 15.8. The summed E-state index contributed by atoms with van der Waals surface area (Å²) >= 11 is 0. The predicted octanol–water partition coefficient (Wildman–Crippen LogP) is 3.86. The van der Waals surface area contributed by atoms with Gasteiger partial charge in [0, 0.05) is 6.54 Å². The first kappa shape index (κ1) is 19.9. The quantitative estimate of drug-likeness (QED) is 0.582. The number of carbonyl (C=O) groups is 1. The van der Waals surface area contributed by atoms with E-state index >= 15 is 0 Å². The lowest BCUT2D eigenvalue weighted by Crippen LogP contribution is -2.29. The Hall–Kier alpha value is -2.89. The zero-order chi connectivity index (χ0) is 19.9. The van der Waals surface area contributed by atoms with Gasteiger partial charge >= 0.3 is 6.09 Å². The van der Waals surface area contributed by atoms with Crippen LogP contribution in [0.2, 0.25) is 0 Å². The molecule has 2 atom stereocenters. The molecule has 0 radical (unpaired) electrons. The first-order valence-corrected chi connectivity index (χ1v) is 9.35. The van der Waals surface area contributed by atoms with Gasteiger partial charge in [0.15, 0.2) is 0 Å².